The molecule has 29 heavy (non-hydrogen) atoms. The molecule has 1 amide bonds. The number of nitrogens with one attached hydrogen (secondary N) is 1. The molecule has 9 heteroatoms. The Bertz CT molecular complexity index is 1090. The highest BCUT2D eigenvalue weighted by molar-refractivity contribution is 5.93. The highest BCUT2D eigenvalue weighted by Gasteiger charge is 2.23. The van der Waals surface area contributed by atoms with Crippen molar-refractivity contribution in [2.24, 2.45) is 0 Å². The summed E-state index contributed by atoms with van der Waals surface area (Å²) in [4.78, 5) is 36.0. The molecule has 0 saturated heterocycles. The molecule has 9 nitrogen and oxygen atoms in total. The summed E-state index contributed by atoms with van der Waals surface area (Å²) >= 11 is 0. The number of carbonyl (C=O) groups is 1. The summed E-state index contributed by atoms with van der Waals surface area (Å²) in [7, 11) is 3.94. The molecule has 1 N–H and O–H groups in total. The summed E-state index contributed by atoms with van der Waals surface area (Å²) < 4.78 is 3.27. The Balaban J connectivity index is 1.42. The fraction of sp³-hybridized carbons (Fsp3) is 0.450. The molecular weight excluding hydrogens is 370 g/mol. The van der Waals surface area contributed by atoms with Gasteiger partial charge >= 0.3 is 5.69 Å². The lowest BCUT2D eigenvalue weighted by molar-refractivity contribution is 0.0928. The monoisotopic (exact) mass is 395 g/mol. The zero-order valence-corrected chi connectivity index (χ0v) is 16.7. The summed E-state index contributed by atoms with van der Waals surface area (Å²) in [5, 5.41) is 7.53. The maximum Gasteiger partial charge on any atom is 0.345 e. The predicted molar refractivity (Wildman–Crippen MR) is 109 cm³/mol. The van der Waals surface area contributed by atoms with Crippen LogP contribution in [0, 0.1) is 0 Å². The highest BCUT2D eigenvalue weighted by Crippen LogP contribution is 2.13. The van der Waals surface area contributed by atoms with E-state index in [1.165, 1.54) is 6.20 Å². The second kappa shape index (κ2) is 8.12. The van der Waals surface area contributed by atoms with Crippen molar-refractivity contribution in [3.8, 4) is 0 Å². The molecule has 3 aromatic rings. The molecule has 2 aromatic heterocycles. The van der Waals surface area contributed by atoms with Gasteiger partial charge in [0.25, 0.3) is 5.91 Å². The van der Waals surface area contributed by atoms with Crippen molar-refractivity contribution in [2.45, 2.75) is 38.4 Å². The van der Waals surface area contributed by atoms with Crippen LogP contribution >= 0.6 is 0 Å². The third-order valence-electron chi connectivity index (χ3n) is 5.19. The van der Waals surface area contributed by atoms with Gasteiger partial charge in [0.05, 0.1) is 23.8 Å². The normalized spacial score (nSPS) is 16.6. The lowest BCUT2D eigenvalue weighted by atomic mass is 10.1. The molecule has 4 rings (SSSR count). The minimum absolute atomic E-state index is 0.0351. The molecule has 0 aliphatic carbocycles. The first kappa shape index (κ1) is 19.3. The van der Waals surface area contributed by atoms with Crippen molar-refractivity contribution < 1.29 is 4.79 Å². The van der Waals surface area contributed by atoms with E-state index >= 15 is 0 Å². The molecular formula is C20H25N7O2. The number of likely N-dealkylation sites (N-methyl/N-ethyl adjacent to an activating group) is 1. The fourth-order valence-corrected chi connectivity index (χ4v) is 3.54. The summed E-state index contributed by atoms with van der Waals surface area (Å²) in [6.45, 7) is 1.89. The van der Waals surface area contributed by atoms with Crippen LogP contribution in [0.4, 0.5) is 0 Å². The van der Waals surface area contributed by atoms with Crippen LogP contribution in [0.2, 0.25) is 0 Å². The molecule has 0 fully saturated rings. The molecule has 1 aliphatic heterocycles. The van der Waals surface area contributed by atoms with Gasteiger partial charge in [-0.1, -0.05) is 12.1 Å². The third-order valence-corrected chi connectivity index (χ3v) is 5.19. The van der Waals surface area contributed by atoms with E-state index in [0.29, 0.717) is 37.1 Å². The predicted octanol–water partition coefficient (Wildman–Crippen LogP) is 0.685. The van der Waals surface area contributed by atoms with E-state index in [0.717, 1.165) is 24.3 Å². The average Bonchev–Trinajstić information content (AvgIpc) is 2.88. The van der Waals surface area contributed by atoms with Crippen molar-refractivity contribution in [1.82, 2.24) is 34.5 Å². The maximum absolute atomic E-state index is 12.6. The van der Waals surface area contributed by atoms with Crippen molar-refractivity contribution in [2.75, 3.05) is 20.6 Å². The standard InChI is InChI=1S/C20H25N7O2/c1-25(2)11-12-27-20(29)26-10-9-14(7-8-18(26)24-27)22-19(28)17-13-21-15-5-3-4-6-16(15)23-17/h3-6,13-14H,7-12H2,1-2H3,(H,22,28). The second-order valence-electron chi connectivity index (χ2n) is 7.62. The van der Waals surface area contributed by atoms with Gasteiger partial charge in [-0.2, -0.15) is 5.10 Å². The number of rotatable bonds is 5. The number of aromatic nitrogens is 5. The van der Waals surface area contributed by atoms with Crippen LogP contribution in [0.1, 0.15) is 29.2 Å². The number of nitrogens with zero attached hydrogens (tertiary/aromatic N) is 6. The van der Waals surface area contributed by atoms with E-state index < -0.39 is 0 Å². The van der Waals surface area contributed by atoms with Crippen molar-refractivity contribution in [3.05, 3.63) is 52.5 Å². The molecule has 152 valence electrons. The summed E-state index contributed by atoms with van der Waals surface area (Å²) in [5.74, 6) is 0.548. The molecule has 1 aromatic carbocycles. The fourth-order valence-electron chi connectivity index (χ4n) is 3.54. The number of hydrogen-bond acceptors (Lipinski definition) is 6. The van der Waals surface area contributed by atoms with Gasteiger partial charge in [0, 0.05) is 25.6 Å². The Kier molecular flexibility index (Phi) is 5.39. The number of benzene rings is 1. The lowest BCUT2D eigenvalue weighted by Crippen LogP contribution is -2.36. The van der Waals surface area contributed by atoms with Gasteiger partial charge in [0.1, 0.15) is 11.5 Å². The first-order valence-electron chi connectivity index (χ1n) is 9.85. The molecule has 0 bridgehead atoms. The smallest absolute Gasteiger partial charge is 0.345 e. The Labute approximate surface area is 168 Å². The number of aryl methyl sites for hydroxylation is 1. The van der Waals surface area contributed by atoms with Crippen LogP contribution in [-0.4, -0.2) is 61.8 Å². The third kappa shape index (κ3) is 4.19. The Morgan fingerprint density at radius 3 is 2.83 bits per heavy atom. The van der Waals surface area contributed by atoms with E-state index in [1.54, 1.807) is 9.25 Å². The van der Waals surface area contributed by atoms with Crippen LogP contribution in [-0.2, 0) is 19.5 Å². The van der Waals surface area contributed by atoms with Crippen molar-refractivity contribution >= 4 is 16.9 Å². The van der Waals surface area contributed by atoms with Gasteiger partial charge in [0.15, 0.2) is 0 Å². The number of hydrogen-bond donors (Lipinski definition) is 1. The molecule has 1 aliphatic rings. The molecule has 3 heterocycles. The number of fused-ring (bicyclic) bond motifs is 2. The van der Waals surface area contributed by atoms with Crippen molar-refractivity contribution in [1.29, 1.82) is 0 Å². The van der Waals surface area contributed by atoms with E-state index in [4.69, 9.17) is 0 Å². The Morgan fingerprint density at radius 1 is 1.24 bits per heavy atom. The Hall–Kier alpha value is -3.07. The molecule has 0 radical (unpaired) electrons. The maximum atomic E-state index is 12.6. The van der Waals surface area contributed by atoms with E-state index in [-0.39, 0.29) is 17.6 Å². The van der Waals surface area contributed by atoms with Crippen molar-refractivity contribution in [3.63, 3.8) is 0 Å². The highest BCUT2D eigenvalue weighted by atomic mass is 16.2. The van der Waals surface area contributed by atoms with Gasteiger partial charge in [-0.3, -0.25) is 14.3 Å². The first-order valence-corrected chi connectivity index (χ1v) is 9.85. The topological polar surface area (TPSA) is 97.9 Å². The quantitative estimate of drug-likeness (QED) is 0.682. The summed E-state index contributed by atoms with van der Waals surface area (Å²) in [6.07, 6.45) is 3.57. The van der Waals surface area contributed by atoms with Gasteiger partial charge in [0.2, 0.25) is 0 Å². The van der Waals surface area contributed by atoms with Gasteiger partial charge in [-0.05, 0) is 39.1 Å². The minimum Gasteiger partial charge on any atom is -0.348 e. The van der Waals surface area contributed by atoms with Gasteiger partial charge < -0.3 is 10.2 Å². The average molecular weight is 395 g/mol. The van der Waals surface area contributed by atoms with Crippen LogP contribution in [0.25, 0.3) is 11.0 Å². The molecule has 1 unspecified atom stereocenters. The minimum atomic E-state index is -0.240. The van der Waals surface area contributed by atoms with E-state index in [9.17, 15) is 9.59 Å². The largest absolute Gasteiger partial charge is 0.348 e. The SMILES string of the molecule is CN(C)CCn1nc2n(c1=O)CCC(NC(=O)c1cnc3ccccc3n1)CC2. The number of amides is 1. The summed E-state index contributed by atoms with van der Waals surface area (Å²) in [6, 6.07) is 7.43. The van der Waals surface area contributed by atoms with Gasteiger partial charge in [-0.15, -0.1) is 0 Å². The zero-order valence-electron chi connectivity index (χ0n) is 16.7. The number of para-hydroxylation sites is 2. The van der Waals surface area contributed by atoms with E-state index in [2.05, 4.69) is 20.4 Å². The summed E-state index contributed by atoms with van der Waals surface area (Å²) in [5.41, 5.74) is 1.68. The van der Waals surface area contributed by atoms with Crippen LogP contribution < -0.4 is 11.0 Å². The van der Waals surface area contributed by atoms with Crippen LogP contribution in [0.5, 0.6) is 0 Å². The Morgan fingerprint density at radius 2 is 2.03 bits per heavy atom. The lowest BCUT2D eigenvalue weighted by Gasteiger charge is -2.15. The van der Waals surface area contributed by atoms with E-state index in [1.807, 2.05) is 43.3 Å². The number of carbonyl (C=O) groups excluding carboxylic acids is 1. The molecule has 1 atom stereocenters. The molecule has 0 spiro atoms. The molecule has 0 saturated carbocycles. The first-order chi connectivity index (χ1) is 14.0. The van der Waals surface area contributed by atoms with Crippen LogP contribution in [0.15, 0.2) is 35.3 Å². The second-order valence-corrected chi connectivity index (χ2v) is 7.62. The van der Waals surface area contributed by atoms with Gasteiger partial charge in [-0.25, -0.2) is 14.5 Å². The van der Waals surface area contributed by atoms with Crippen LogP contribution in [0.3, 0.4) is 0 Å². The zero-order chi connectivity index (χ0) is 20.4.